The molecule has 0 aliphatic rings. The molecule has 5 nitrogen and oxygen atoms in total. The Kier molecular flexibility index (Phi) is 3.22. The van der Waals surface area contributed by atoms with Crippen LogP contribution in [-0.4, -0.2) is 39.1 Å². The van der Waals surface area contributed by atoms with Crippen LogP contribution in [0.25, 0.3) is 11.2 Å². The Morgan fingerprint density at radius 3 is 2.19 bits per heavy atom. The maximum Gasteiger partial charge on any atom is 0.460 e. The van der Waals surface area contributed by atoms with Crippen LogP contribution in [0.3, 0.4) is 0 Å². The molecule has 0 amide bonds. The fourth-order valence-corrected chi connectivity index (χ4v) is 1.44. The largest absolute Gasteiger partial charge is 0.479 e. The van der Waals surface area contributed by atoms with Gasteiger partial charge in [-0.3, -0.25) is 0 Å². The summed E-state index contributed by atoms with van der Waals surface area (Å²) >= 11 is 0. The van der Waals surface area contributed by atoms with E-state index < -0.39 is 35.0 Å². The van der Waals surface area contributed by atoms with Crippen LogP contribution >= 0.6 is 0 Å². The molecule has 2 aromatic heterocycles. The van der Waals surface area contributed by atoms with Gasteiger partial charge in [-0.1, -0.05) is 0 Å². The summed E-state index contributed by atoms with van der Waals surface area (Å²) in [5.41, 5.74) is -0.956. The Bertz CT molecular complexity index is 666. The van der Waals surface area contributed by atoms with Gasteiger partial charge in [0.1, 0.15) is 11.8 Å². The van der Waals surface area contributed by atoms with Gasteiger partial charge in [0.2, 0.25) is 5.88 Å². The predicted octanol–water partition coefficient (Wildman–Crippen LogP) is 2.65. The Labute approximate surface area is 111 Å². The van der Waals surface area contributed by atoms with E-state index in [1.54, 1.807) is 4.98 Å². The van der Waals surface area contributed by atoms with Crippen LogP contribution in [0, 0.1) is 0 Å². The summed E-state index contributed by atoms with van der Waals surface area (Å²) in [6.45, 7) is 0. The van der Waals surface area contributed by atoms with Crippen molar-refractivity contribution in [1.82, 2.24) is 19.9 Å². The van der Waals surface area contributed by atoms with Gasteiger partial charge in [0.05, 0.1) is 7.11 Å². The van der Waals surface area contributed by atoms with Gasteiger partial charge in [-0.15, -0.1) is 0 Å². The fraction of sp³-hybridized carbons (Fsp3) is 0.444. The highest BCUT2D eigenvalue weighted by atomic mass is 19.4. The number of nitrogens with one attached hydrogen (secondary N) is 1. The first-order valence-corrected chi connectivity index (χ1v) is 5.10. The molecule has 2 rings (SSSR count). The lowest BCUT2D eigenvalue weighted by molar-refractivity contribution is -0.361. The smallest absolute Gasteiger partial charge is 0.460 e. The summed E-state index contributed by atoms with van der Waals surface area (Å²) in [4.78, 5) is 11.4. The zero-order valence-electron chi connectivity index (χ0n) is 9.97. The van der Waals surface area contributed by atoms with Crippen LogP contribution in [0.2, 0.25) is 0 Å². The molecule has 1 N–H and O–H groups in total. The third-order valence-corrected chi connectivity index (χ3v) is 2.49. The number of alkyl halides is 7. The monoisotopic (exact) mass is 318 g/mol. The lowest BCUT2D eigenvalue weighted by Crippen LogP contribution is -2.50. The Morgan fingerprint density at radius 1 is 1.05 bits per heavy atom. The molecule has 0 spiro atoms. The predicted molar refractivity (Wildman–Crippen MR) is 53.1 cm³/mol. The van der Waals surface area contributed by atoms with E-state index in [1.165, 1.54) is 0 Å². The highest BCUT2D eigenvalue weighted by molar-refractivity contribution is 5.75. The van der Waals surface area contributed by atoms with Crippen molar-refractivity contribution in [2.75, 3.05) is 7.11 Å². The van der Waals surface area contributed by atoms with Crippen LogP contribution < -0.4 is 4.74 Å². The average Bonchev–Trinajstić information content (AvgIpc) is 2.81. The van der Waals surface area contributed by atoms with Crippen LogP contribution in [0.1, 0.15) is 5.82 Å². The number of hydrogen-bond acceptors (Lipinski definition) is 4. The Morgan fingerprint density at radius 2 is 1.67 bits per heavy atom. The van der Waals surface area contributed by atoms with Crippen molar-refractivity contribution >= 4 is 11.2 Å². The lowest BCUT2D eigenvalue weighted by Gasteiger charge is -2.26. The maximum absolute atomic E-state index is 13.5. The van der Waals surface area contributed by atoms with Crippen LogP contribution in [-0.2, 0) is 5.92 Å². The van der Waals surface area contributed by atoms with E-state index in [4.69, 9.17) is 0 Å². The SMILES string of the molecule is COc1ncnc2nc(C(F)(F)C(F)(F)C(F)(F)F)[nH]c12. The number of aromatic amines is 1. The van der Waals surface area contributed by atoms with Crippen molar-refractivity contribution in [3.05, 3.63) is 12.2 Å². The molecule has 0 saturated heterocycles. The molecule has 12 heteroatoms. The molecule has 2 aromatic rings. The molecule has 0 aromatic carbocycles. The molecule has 0 unspecified atom stereocenters. The molecule has 21 heavy (non-hydrogen) atoms. The minimum atomic E-state index is -6.45. The zero-order valence-corrected chi connectivity index (χ0v) is 9.97. The molecule has 2 heterocycles. The number of rotatable bonds is 3. The highest BCUT2D eigenvalue weighted by Crippen LogP contribution is 2.51. The molecule has 0 bridgehead atoms. The van der Waals surface area contributed by atoms with Gasteiger partial charge >= 0.3 is 18.0 Å². The summed E-state index contributed by atoms with van der Waals surface area (Å²) in [5, 5.41) is 0. The quantitative estimate of drug-likeness (QED) is 0.884. The van der Waals surface area contributed by atoms with Crippen molar-refractivity contribution in [3.8, 4) is 5.88 Å². The number of methoxy groups -OCH3 is 1. The molecule has 0 aliphatic heterocycles. The van der Waals surface area contributed by atoms with Gasteiger partial charge in [0, 0.05) is 0 Å². The van der Waals surface area contributed by atoms with Crippen molar-refractivity contribution in [1.29, 1.82) is 0 Å². The van der Waals surface area contributed by atoms with Gasteiger partial charge in [0.15, 0.2) is 11.5 Å². The minimum Gasteiger partial charge on any atom is -0.479 e. The summed E-state index contributed by atoms with van der Waals surface area (Å²) in [7, 11) is 1.09. The summed E-state index contributed by atoms with van der Waals surface area (Å²) < 4.78 is 93.6. The summed E-state index contributed by atoms with van der Waals surface area (Å²) in [5.74, 6) is -14.1. The van der Waals surface area contributed by atoms with E-state index in [9.17, 15) is 30.7 Å². The molecular formula is C9H5F7N4O. The second-order valence-electron chi connectivity index (χ2n) is 3.81. The van der Waals surface area contributed by atoms with Crippen LogP contribution in [0.5, 0.6) is 5.88 Å². The third kappa shape index (κ3) is 2.14. The number of imidazole rings is 1. The van der Waals surface area contributed by atoms with E-state index in [2.05, 4.69) is 19.7 Å². The molecule has 116 valence electrons. The van der Waals surface area contributed by atoms with Crippen molar-refractivity contribution in [3.63, 3.8) is 0 Å². The Balaban J connectivity index is 2.60. The number of nitrogens with zero attached hydrogens (tertiary/aromatic N) is 3. The van der Waals surface area contributed by atoms with Gasteiger partial charge in [-0.2, -0.15) is 35.7 Å². The lowest BCUT2D eigenvalue weighted by atomic mass is 10.1. The second-order valence-corrected chi connectivity index (χ2v) is 3.81. The second kappa shape index (κ2) is 4.43. The molecular weight excluding hydrogens is 313 g/mol. The van der Waals surface area contributed by atoms with E-state index in [1.807, 2.05) is 0 Å². The van der Waals surface area contributed by atoms with Gasteiger partial charge in [-0.25, -0.2) is 9.97 Å². The van der Waals surface area contributed by atoms with Crippen molar-refractivity contribution in [2.45, 2.75) is 18.0 Å². The summed E-state index contributed by atoms with van der Waals surface area (Å²) in [6.07, 6.45) is -5.63. The van der Waals surface area contributed by atoms with Crippen LogP contribution in [0.15, 0.2) is 6.33 Å². The number of ether oxygens (including phenoxy) is 1. The molecule has 0 radical (unpaired) electrons. The first-order valence-electron chi connectivity index (χ1n) is 5.10. The molecule has 0 atom stereocenters. The number of H-pyrrole nitrogens is 1. The summed E-state index contributed by atoms with van der Waals surface area (Å²) in [6, 6.07) is 0. The van der Waals surface area contributed by atoms with E-state index in [-0.39, 0.29) is 5.88 Å². The third-order valence-electron chi connectivity index (χ3n) is 2.49. The van der Waals surface area contributed by atoms with E-state index in [0.29, 0.717) is 0 Å². The number of halogens is 7. The fourth-order valence-electron chi connectivity index (χ4n) is 1.44. The average molecular weight is 318 g/mol. The molecule has 0 aliphatic carbocycles. The number of hydrogen-bond donors (Lipinski definition) is 1. The van der Waals surface area contributed by atoms with Crippen molar-refractivity contribution in [2.24, 2.45) is 0 Å². The van der Waals surface area contributed by atoms with Gasteiger partial charge < -0.3 is 9.72 Å². The normalized spacial score (nSPS) is 13.7. The highest BCUT2D eigenvalue weighted by Gasteiger charge is 2.75. The van der Waals surface area contributed by atoms with Crippen molar-refractivity contribution < 1.29 is 35.5 Å². The maximum atomic E-state index is 13.5. The standard InChI is InChI=1S/C9H5F7N4O/c1-21-5-3-4(17-2-18-5)20-6(19-3)7(10,11)8(12,13)9(14,15)16/h2H,1H3,(H,17,18,19,20). The van der Waals surface area contributed by atoms with E-state index in [0.717, 1.165) is 13.4 Å². The van der Waals surface area contributed by atoms with Crippen LogP contribution in [0.4, 0.5) is 30.7 Å². The van der Waals surface area contributed by atoms with E-state index >= 15 is 0 Å². The first kappa shape index (κ1) is 15.3. The van der Waals surface area contributed by atoms with Gasteiger partial charge in [-0.05, 0) is 0 Å². The number of fused-ring (bicyclic) bond motifs is 1. The molecule has 0 fully saturated rings. The Hall–Kier alpha value is -2.14. The topological polar surface area (TPSA) is 63.7 Å². The number of aromatic nitrogens is 4. The zero-order chi connectivity index (χ0) is 16.1. The van der Waals surface area contributed by atoms with Gasteiger partial charge in [0.25, 0.3) is 0 Å². The molecule has 0 saturated carbocycles. The minimum absolute atomic E-state index is 0.329. The first-order chi connectivity index (χ1) is 9.52.